The molecule has 7 nitrogen and oxygen atoms in total. The summed E-state index contributed by atoms with van der Waals surface area (Å²) in [4.78, 5) is 15.3. The Bertz CT molecular complexity index is 1510. The Balaban J connectivity index is 1.40. The summed E-state index contributed by atoms with van der Waals surface area (Å²) in [5, 5.41) is 6.30. The van der Waals surface area contributed by atoms with E-state index >= 15 is 0 Å². The van der Waals surface area contributed by atoms with Crippen molar-refractivity contribution < 1.29 is 9.16 Å². The van der Waals surface area contributed by atoms with Crippen molar-refractivity contribution in [1.29, 1.82) is 0 Å². The average Bonchev–Trinajstić information content (AvgIpc) is 3.39. The Hall–Kier alpha value is -2.68. The van der Waals surface area contributed by atoms with Crippen LogP contribution in [-0.2, 0) is 12.8 Å². The summed E-state index contributed by atoms with van der Waals surface area (Å²) < 4.78 is 13.4. The Morgan fingerprint density at radius 2 is 1.73 bits per heavy atom. The summed E-state index contributed by atoms with van der Waals surface area (Å²) in [7, 11) is 0.194. The highest BCUT2D eigenvalue weighted by molar-refractivity contribution is 6.74. The number of hydrogen-bond donors (Lipinski definition) is 1. The normalized spacial score (nSPS) is 26.2. The molecule has 5 atom stereocenters. The van der Waals surface area contributed by atoms with E-state index in [1.807, 2.05) is 0 Å². The number of nitrogens with one attached hydrogen (secondary N) is 1. The molecule has 3 aromatic rings. The second kappa shape index (κ2) is 12.5. The van der Waals surface area contributed by atoms with Crippen LogP contribution >= 0.6 is 0 Å². The van der Waals surface area contributed by atoms with E-state index in [9.17, 15) is 0 Å². The van der Waals surface area contributed by atoms with Crippen LogP contribution in [0.5, 0.6) is 11.8 Å². The number of piperazine rings is 1. The van der Waals surface area contributed by atoms with Crippen LogP contribution in [-0.4, -0.2) is 74.6 Å². The first-order chi connectivity index (χ1) is 21.3. The topological polar surface area (TPSA) is 62.8 Å². The molecule has 3 heterocycles. The van der Waals surface area contributed by atoms with Gasteiger partial charge in [-0.1, -0.05) is 52.0 Å². The largest absolute Gasteiger partial charge is 0.543 e. The van der Waals surface area contributed by atoms with Crippen LogP contribution in [0.15, 0.2) is 36.4 Å². The first-order valence-electron chi connectivity index (χ1n) is 17.3. The molecule has 2 saturated heterocycles. The van der Waals surface area contributed by atoms with Crippen LogP contribution in [0.25, 0.3) is 10.8 Å². The number of ether oxygens (including phenoxy) is 1. The standard InChI is InChI=1S/C37H55N5O2Si/c1-24-17-33-34(20-31(24)32-19-29(44-45(8,9)37(4,5)6)18-27-13-10-11-15-30(27)32)39-36(43-23-28-14-12-16-41(28)7)40-35(33)42-25(2)21-38-22-26(42)3/h10-11,13,15,18-19,24-26,28,31,38H,12,14,16-17,20-23H2,1-9H3/t24?,25-,26-,28-,31?/m0/s1. The lowest BCUT2D eigenvalue weighted by Crippen LogP contribution is -2.56. The van der Waals surface area contributed by atoms with Crippen LogP contribution in [0.2, 0.25) is 18.1 Å². The number of fused-ring (bicyclic) bond motifs is 2. The van der Waals surface area contributed by atoms with Gasteiger partial charge in [0.05, 0.1) is 5.69 Å². The lowest BCUT2D eigenvalue weighted by Gasteiger charge is -2.43. The van der Waals surface area contributed by atoms with Crippen molar-refractivity contribution in [3.05, 3.63) is 53.2 Å². The maximum absolute atomic E-state index is 6.92. The zero-order valence-electron chi connectivity index (χ0n) is 29.1. The van der Waals surface area contributed by atoms with Crippen molar-refractivity contribution in [1.82, 2.24) is 20.2 Å². The molecule has 0 radical (unpaired) electrons. The van der Waals surface area contributed by atoms with Gasteiger partial charge in [-0.3, -0.25) is 0 Å². The molecular weight excluding hydrogens is 575 g/mol. The molecule has 2 unspecified atom stereocenters. The molecule has 0 spiro atoms. The van der Waals surface area contributed by atoms with Crippen molar-refractivity contribution in [2.75, 3.05) is 38.2 Å². The highest BCUT2D eigenvalue weighted by atomic mass is 28.4. The van der Waals surface area contributed by atoms with Gasteiger partial charge in [0.25, 0.3) is 0 Å². The van der Waals surface area contributed by atoms with Crippen LogP contribution in [0, 0.1) is 5.92 Å². The van der Waals surface area contributed by atoms with Gasteiger partial charge in [-0.05, 0) is 112 Å². The second-order valence-corrected chi connectivity index (χ2v) is 20.4. The molecule has 0 saturated carbocycles. The lowest BCUT2D eigenvalue weighted by molar-refractivity contribution is 0.187. The Labute approximate surface area is 272 Å². The van der Waals surface area contributed by atoms with Gasteiger partial charge in [0.2, 0.25) is 8.32 Å². The quantitative estimate of drug-likeness (QED) is 0.278. The maximum Gasteiger partial charge on any atom is 0.318 e. The van der Waals surface area contributed by atoms with E-state index in [0.29, 0.717) is 42.6 Å². The minimum absolute atomic E-state index is 0.130. The van der Waals surface area contributed by atoms with E-state index < -0.39 is 8.32 Å². The zero-order valence-corrected chi connectivity index (χ0v) is 30.1. The Morgan fingerprint density at radius 3 is 2.42 bits per heavy atom. The molecule has 1 N–H and O–H groups in total. The molecular formula is C37H55N5O2Si. The fraction of sp³-hybridized carbons (Fsp3) is 0.622. The Morgan fingerprint density at radius 1 is 1.00 bits per heavy atom. The summed E-state index contributed by atoms with van der Waals surface area (Å²) in [5.74, 6) is 2.84. The van der Waals surface area contributed by atoms with Crippen molar-refractivity contribution in [3.8, 4) is 11.8 Å². The van der Waals surface area contributed by atoms with Crippen molar-refractivity contribution in [3.63, 3.8) is 0 Å². The predicted molar refractivity (Wildman–Crippen MR) is 189 cm³/mol. The summed E-state index contributed by atoms with van der Waals surface area (Å²) >= 11 is 0. The monoisotopic (exact) mass is 629 g/mol. The van der Waals surface area contributed by atoms with Gasteiger partial charge in [0.15, 0.2) is 0 Å². The minimum atomic E-state index is -2.00. The van der Waals surface area contributed by atoms with Crippen LogP contribution < -0.4 is 19.4 Å². The number of nitrogens with zero attached hydrogens (tertiary/aromatic N) is 4. The van der Waals surface area contributed by atoms with E-state index in [4.69, 9.17) is 19.1 Å². The highest BCUT2D eigenvalue weighted by Crippen LogP contribution is 2.45. The van der Waals surface area contributed by atoms with Gasteiger partial charge in [-0.2, -0.15) is 9.97 Å². The zero-order chi connectivity index (χ0) is 32.1. The molecule has 1 aliphatic carbocycles. The van der Waals surface area contributed by atoms with E-state index in [1.54, 1.807) is 0 Å². The van der Waals surface area contributed by atoms with Gasteiger partial charge in [0, 0.05) is 36.8 Å². The van der Waals surface area contributed by atoms with E-state index in [1.165, 1.54) is 34.7 Å². The summed E-state index contributed by atoms with van der Waals surface area (Å²) in [6, 6.07) is 15.1. The van der Waals surface area contributed by atoms with Crippen molar-refractivity contribution in [2.45, 2.75) is 109 Å². The smallest absolute Gasteiger partial charge is 0.318 e. The summed E-state index contributed by atoms with van der Waals surface area (Å²) in [5.41, 5.74) is 3.83. The summed E-state index contributed by atoms with van der Waals surface area (Å²) in [6.07, 6.45) is 4.21. The molecule has 244 valence electrons. The number of aromatic nitrogens is 2. The third-order valence-corrected chi connectivity index (χ3v) is 15.6. The van der Waals surface area contributed by atoms with Crippen LogP contribution in [0.4, 0.5) is 5.82 Å². The molecule has 0 bridgehead atoms. The molecule has 6 rings (SSSR count). The van der Waals surface area contributed by atoms with Gasteiger partial charge >= 0.3 is 6.01 Å². The van der Waals surface area contributed by atoms with Crippen LogP contribution in [0.3, 0.4) is 0 Å². The van der Waals surface area contributed by atoms with Crippen LogP contribution in [0.1, 0.15) is 77.1 Å². The Kier molecular flexibility index (Phi) is 8.96. The SMILES string of the molecule is CC1Cc2c(nc(OC[C@@H]3CCCN3C)nc2N2[C@@H](C)CNC[C@@H]2C)CC1c1cc(O[Si](C)(C)C(C)(C)C)cc2ccccc12. The van der Waals surface area contributed by atoms with E-state index in [0.717, 1.165) is 49.7 Å². The first kappa shape index (κ1) is 32.3. The molecule has 3 aliphatic rings. The van der Waals surface area contributed by atoms with Gasteiger partial charge in [-0.25, -0.2) is 0 Å². The first-order valence-corrected chi connectivity index (χ1v) is 20.2. The van der Waals surface area contributed by atoms with Gasteiger partial charge < -0.3 is 24.3 Å². The molecule has 45 heavy (non-hydrogen) atoms. The maximum atomic E-state index is 6.92. The number of hydrogen-bond acceptors (Lipinski definition) is 7. The fourth-order valence-electron chi connectivity index (χ4n) is 7.48. The molecule has 2 aromatic carbocycles. The molecule has 2 fully saturated rings. The fourth-order valence-corrected chi connectivity index (χ4v) is 8.49. The molecule has 0 amide bonds. The molecule has 8 heteroatoms. The molecule has 1 aromatic heterocycles. The number of benzene rings is 2. The van der Waals surface area contributed by atoms with Crippen molar-refractivity contribution >= 4 is 24.9 Å². The minimum Gasteiger partial charge on any atom is -0.543 e. The number of rotatable bonds is 7. The number of likely N-dealkylation sites (N-methyl/N-ethyl adjacent to an activating group) is 1. The average molecular weight is 630 g/mol. The third-order valence-electron chi connectivity index (χ3n) is 11.3. The second-order valence-electron chi connectivity index (χ2n) is 15.7. The van der Waals surface area contributed by atoms with Crippen molar-refractivity contribution in [2.24, 2.45) is 5.92 Å². The lowest BCUT2D eigenvalue weighted by atomic mass is 9.74. The predicted octanol–water partition coefficient (Wildman–Crippen LogP) is 7.19. The van der Waals surface area contributed by atoms with E-state index in [2.05, 4.69) is 113 Å². The van der Waals surface area contributed by atoms with Gasteiger partial charge in [0.1, 0.15) is 18.2 Å². The number of likely N-dealkylation sites (tertiary alicyclic amines) is 1. The molecule has 2 aliphatic heterocycles. The summed E-state index contributed by atoms with van der Waals surface area (Å²) in [6.45, 7) is 22.3. The highest BCUT2D eigenvalue weighted by Gasteiger charge is 2.40. The van der Waals surface area contributed by atoms with Gasteiger partial charge in [-0.15, -0.1) is 0 Å². The third kappa shape index (κ3) is 6.47. The number of anilines is 1. The van der Waals surface area contributed by atoms with E-state index in [-0.39, 0.29) is 5.04 Å².